The number of oxazole rings is 1. The van der Waals surface area contributed by atoms with Crippen LogP contribution >= 0.6 is 21.6 Å². The number of aromatic nitrogens is 1. The molecule has 1 aromatic heterocycles. The lowest BCUT2D eigenvalue weighted by atomic mass is 10.0. The van der Waals surface area contributed by atoms with Gasteiger partial charge in [-0.25, -0.2) is 4.98 Å². The van der Waals surface area contributed by atoms with E-state index >= 15 is 0 Å². The maximum Gasteiger partial charge on any atom is 0.267 e. The van der Waals surface area contributed by atoms with E-state index in [1.807, 2.05) is 35.1 Å². The van der Waals surface area contributed by atoms with Crippen molar-refractivity contribution in [2.45, 2.75) is 42.6 Å². The number of benzene rings is 1. The number of para-hydroxylation sites is 2. The Morgan fingerprint density at radius 2 is 1.94 bits per heavy atom. The summed E-state index contributed by atoms with van der Waals surface area (Å²) in [6.07, 6.45) is 6.86. The Morgan fingerprint density at radius 1 is 1.12 bits per heavy atom. The van der Waals surface area contributed by atoms with Crippen molar-refractivity contribution in [3.05, 3.63) is 24.3 Å². The fourth-order valence-electron chi connectivity index (χ4n) is 2.16. The van der Waals surface area contributed by atoms with Crippen LogP contribution < -0.4 is 0 Å². The van der Waals surface area contributed by atoms with Crippen LogP contribution in [0, 0.1) is 0 Å². The molecule has 3 rings (SSSR count). The molecule has 0 bridgehead atoms. The lowest BCUT2D eigenvalue weighted by Crippen LogP contribution is -2.06. The molecule has 0 spiro atoms. The van der Waals surface area contributed by atoms with Gasteiger partial charge in [-0.05, 0) is 25.0 Å². The van der Waals surface area contributed by atoms with Gasteiger partial charge in [0, 0.05) is 16.0 Å². The summed E-state index contributed by atoms with van der Waals surface area (Å²) in [5.74, 6) is 0. The van der Waals surface area contributed by atoms with E-state index in [1.54, 1.807) is 10.8 Å². The molecule has 1 heterocycles. The minimum Gasteiger partial charge on any atom is -0.431 e. The summed E-state index contributed by atoms with van der Waals surface area (Å²) >= 11 is 0. The first-order valence-corrected chi connectivity index (χ1v) is 8.32. The molecule has 2 nitrogen and oxygen atoms in total. The summed E-state index contributed by atoms with van der Waals surface area (Å²) < 4.78 is 5.69. The maximum absolute atomic E-state index is 5.69. The second-order valence-corrected chi connectivity index (χ2v) is 6.84. The van der Waals surface area contributed by atoms with Crippen molar-refractivity contribution in [1.82, 2.24) is 4.98 Å². The molecule has 0 amide bonds. The van der Waals surface area contributed by atoms with Crippen molar-refractivity contribution < 1.29 is 4.42 Å². The van der Waals surface area contributed by atoms with Crippen LogP contribution in [0.4, 0.5) is 0 Å². The Kier molecular flexibility index (Phi) is 3.62. The average Bonchev–Trinajstić information content (AvgIpc) is 2.80. The molecular weight excluding hydrogens is 250 g/mol. The van der Waals surface area contributed by atoms with E-state index in [4.69, 9.17) is 4.42 Å². The van der Waals surface area contributed by atoms with Crippen LogP contribution in [0.3, 0.4) is 0 Å². The zero-order valence-corrected chi connectivity index (χ0v) is 11.2. The third-order valence-electron chi connectivity index (χ3n) is 3.08. The summed E-state index contributed by atoms with van der Waals surface area (Å²) in [7, 11) is 3.62. The van der Waals surface area contributed by atoms with Crippen molar-refractivity contribution in [3.63, 3.8) is 0 Å². The lowest BCUT2D eigenvalue weighted by Gasteiger charge is -2.19. The van der Waals surface area contributed by atoms with Crippen LogP contribution in [-0.2, 0) is 0 Å². The van der Waals surface area contributed by atoms with Gasteiger partial charge in [0.15, 0.2) is 5.58 Å². The second-order valence-electron chi connectivity index (χ2n) is 4.39. The molecule has 1 aliphatic carbocycles. The topological polar surface area (TPSA) is 26.0 Å². The van der Waals surface area contributed by atoms with Gasteiger partial charge in [-0.1, -0.05) is 42.2 Å². The molecule has 17 heavy (non-hydrogen) atoms. The third-order valence-corrected chi connectivity index (χ3v) is 5.77. The predicted molar refractivity (Wildman–Crippen MR) is 74.3 cm³/mol. The molecule has 90 valence electrons. The van der Waals surface area contributed by atoms with Crippen LogP contribution in [0.25, 0.3) is 11.1 Å². The Hall–Kier alpha value is -0.610. The zero-order valence-electron chi connectivity index (χ0n) is 9.59. The van der Waals surface area contributed by atoms with Crippen LogP contribution in [0.2, 0.25) is 0 Å². The van der Waals surface area contributed by atoms with Gasteiger partial charge in [-0.15, -0.1) is 0 Å². The first-order valence-electron chi connectivity index (χ1n) is 6.11. The molecule has 0 N–H and O–H groups in total. The number of hydrogen-bond donors (Lipinski definition) is 0. The quantitative estimate of drug-likeness (QED) is 0.737. The lowest BCUT2D eigenvalue weighted by molar-refractivity contribution is 0.491. The molecular formula is C13H15NOS2. The van der Waals surface area contributed by atoms with E-state index in [0.717, 1.165) is 21.6 Å². The first-order chi connectivity index (χ1) is 8.42. The molecule has 1 aliphatic rings. The van der Waals surface area contributed by atoms with Crippen LogP contribution in [0.5, 0.6) is 0 Å². The normalized spacial score (nSPS) is 17.6. The molecule has 1 fully saturated rings. The van der Waals surface area contributed by atoms with Gasteiger partial charge >= 0.3 is 0 Å². The van der Waals surface area contributed by atoms with Crippen LogP contribution in [-0.4, -0.2) is 10.2 Å². The molecule has 0 unspecified atom stereocenters. The summed E-state index contributed by atoms with van der Waals surface area (Å²) in [5, 5.41) is 1.57. The monoisotopic (exact) mass is 265 g/mol. The van der Waals surface area contributed by atoms with Gasteiger partial charge in [-0.2, -0.15) is 0 Å². The maximum atomic E-state index is 5.69. The SMILES string of the molecule is c1ccc2oc(SSC3CCCCC3)nc2c1. The minimum atomic E-state index is 0.781. The first kappa shape index (κ1) is 11.5. The minimum absolute atomic E-state index is 0.781. The van der Waals surface area contributed by atoms with Gasteiger partial charge < -0.3 is 4.42 Å². The Labute approximate surface area is 109 Å². The largest absolute Gasteiger partial charge is 0.431 e. The molecule has 1 saturated carbocycles. The Balaban J connectivity index is 1.64. The highest BCUT2D eigenvalue weighted by Gasteiger charge is 2.16. The smallest absolute Gasteiger partial charge is 0.267 e. The van der Waals surface area contributed by atoms with E-state index < -0.39 is 0 Å². The second kappa shape index (κ2) is 5.36. The standard InChI is InChI=1S/C13H15NOS2/c1-2-6-10(7-3-1)16-17-13-14-11-8-4-5-9-12(11)15-13/h4-5,8-10H,1-3,6-7H2. The van der Waals surface area contributed by atoms with E-state index in [0.29, 0.717) is 0 Å². The van der Waals surface area contributed by atoms with Crippen molar-refractivity contribution in [2.24, 2.45) is 0 Å². The van der Waals surface area contributed by atoms with Gasteiger partial charge in [0.05, 0.1) is 0 Å². The average molecular weight is 265 g/mol. The molecule has 4 heteroatoms. The number of fused-ring (bicyclic) bond motifs is 1. The third kappa shape index (κ3) is 2.80. The molecule has 0 radical (unpaired) electrons. The van der Waals surface area contributed by atoms with Gasteiger partial charge in [0.25, 0.3) is 5.22 Å². The van der Waals surface area contributed by atoms with E-state index in [-0.39, 0.29) is 0 Å². The molecule has 0 saturated heterocycles. The van der Waals surface area contributed by atoms with E-state index in [2.05, 4.69) is 4.98 Å². The van der Waals surface area contributed by atoms with Crippen molar-refractivity contribution in [3.8, 4) is 0 Å². The van der Waals surface area contributed by atoms with Gasteiger partial charge in [0.2, 0.25) is 0 Å². The predicted octanol–water partition coefficient (Wildman–Crippen LogP) is 4.90. The summed E-state index contributed by atoms with van der Waals surface area (Å²) in [6, 6.07) is 7.94. The van der Waals surface area contributed by atoms with Gasteiger partial charge in [-0.3, -0.25) is 0 Å². The number of rotatable bonds is 3. The molecule has 0 atom stereocenters. The highest BCUT2D eigenvalue weighted by Crippen LogP contribution is 2.40. The zero-order chi connectivity index (χ0) is 11.5. The summed E-state index contributed by atoms with van der Waals surface area (Å²) in [6.45, 7) is 0. The Bertz CT molecular complexity index is 458. The number of nitrogens with zero attached hydrogens (tertiary/aromatic N) is 1. The van der Waals surface area contributed by atoms with Crippen molar-refractivity contribution in [2.75, 3.05) is 0 Å². The number of hydrogen-bond acceptors (Lipinski definition) is 4. The van der Waals surface area contributed by atoms with E-state index in [1.165, 1.54) is 32.1 Å². The fraction of sp³-hybridized carbons (Fsp3) is 0.462. The van der Waals surface area contributed by atoms with Crippen LogP contribution in [0.15, 0.2) is 33.9 Å². The highest BCUT2D eigenvalue weighted by molar-refractivity contribution is 8.76. The highest BCUT2D eigenvalue weighted by atomic mass is 33.1. The van der Waals surface area contributed by atoms with Gasteiger partial charge in [0.1, 0.15) is 5.52 Å². The molecule has 2 aromatic rings. The summed E-state index contributed by atoms with van der Waals surface area (Å²) in [5.41, 5.74) is 1.85. The summed E-state index contributed by atoms with van der Waals surface area (Å²) in [4.78, 5) is 4.47. The molecule has 1 aromatic carbocycles. The Morgan fingerprint density at radius 3 is 2.76 bits per heavy atom. The van der Waals surface area contributed by atoms with E-state index in [9.17, 15) is 0 Å². The molecule has 0 aliphatic heterocycles. The van der Waals surface area contributed by atoms with Crippen molar-refractivity contribution >= 4 is 32.7 Å². The van der Waals surface area contributed by atoms with Crippen LogP contribution in [0.1, 0.15) is 32.1 Å². The van der Waals surface area contributed by atoms with Crippen molar-refractivity contribution in [1.29, 1.82) is 0 Å². The fourth-order valence-corrected chi connectivity index (χ4v) is 4.61.